The summed E-state index contributed by atoms with van der Waals surface area (Å²) < 4.78 is 2.24. The third-order valence-electron chi connectivity index (χ3n) is 4.44. The maximum atomic E-state index is 4.62. The summed E-state index contributed by atoms with van der Waals surface area (Å²) in [5.41, 5.74) is 3.48. The fourth-order valence-corrected chi connectivity index (χ4v) is 4.08. The molecular formula is C18H19N5S. The van der Waals surface area contributed by atoms with Gasteiger partial charge in [-0.15, -0.1) is 11.3 Å². The second-order valence-corrected chi connectivity index (χ2v) is 7.12. The van der Waals surface area contributed by atoms with Gasteiger partial charge in [0, 0.05) is 18.0 Å². The van der Waals surface area contributed by atoms with Gasteiger partial charge >= 0.3 is 0 Å². The van der Waals surface area contributed by atoms with Crippen LogP contribution in [0.25, 0.3) is 21.3 Å². The molecule has 4 rings (SSSR count). The van der Waals surface area contributed by atoms with Crippen LogP contribution in [0.3, 0.4) is 0 Å². The van der Waals surface area contributed by atoms with Crippen molar-refractivity contribution in [1.29, 1.82) is 0 Å². The van der Waals surface area contributed by atoms with E-state index in [0.29, 0.717) is 0 Å². The fourth-order valence-electron chi connectivity index (χ4n) is 3.08. The Balaban J connectivity index is 1.59. The van der Waals surface area contributed by atoms with Crippen molar-refractivity contribution in [2.75, 3.05) is 11.9 Å². The van der Waals surface area contributed by atoms with Crippen molar-refractivity contribution in [3.05, 3.63) is 46.9 Å². The van der Waals surface area contributed by atoms with Crippen LogP contribution in [0.4, 0.5) is 5.82 Å². The molecule has 0 saturated carbocycles. The van der Waals surface area contributed by atoms with Crippen LogP contribution in [-0.4, -0.2) is 26.1 Å². The summed E-state index contributed by atoms with van der Waals surface area (Å²) in [4.78, 5) is 15.8. The first-order chi connectivity index (χ1) is 11.6. The minimum Gasteiger partial charge on any atom is -0.368 e. The predicted molar refractivity (Wildman–Crippen MR) is 99.8 cm³/mol. The number of rotatable bonds is 4. The molecule has 0 atom stereocenters. The van der Waals surface area contributed by atoms with Gasteiger partial charge < -0.3 is 9.88 Å². The summed E-state index contributed by atoms with van der Waals surface area (Å²) in [5.74, 6) is 1.96. The summed E-state index contributed by atoms with van der Waals surface area (Å²) in [6.07, 6.45) is 1.64. The minimum atomic E-state index is 0.793. The van der Waals surface area contributed by atoms with Crippen LogP contribution in [-0.2, 0) is 6.54 Å². The quantitative estimate of drug-likeness (QED) is 0.610. The van der Waals surface area contributed by atoms with Crippen LogP contribution in [0.5, 0.6) is 0 Å². The highest BCUT2D eigenvalue weighted by Crippen LogP contribution is 2.32. The monoisotopic (exact) mass is 337 g/mol. The summed E-state index contributed by atoms with van der Waals surface area (Å²) in [6.45, 7) is 7.96. The molecule has 0 unspecified atom stereocenters. The Labute approximate surface area is 144 Å². The van der Waals surface area contributed by atoms with E-state index in [1.54, 1.807) is 17.7 Å². The van der Waals surface area contributed by atoms with Gasteiger partial charge in [-0.2, -0.15) is 0 Å². The fraction of sp³-hybridized carbons (Fsp3) is 0.278. The molecule has 0 fully saturated rings. The molecule has 0 radical (unpaired) electrons. The van der Waals surface area contributed by atoms with Gasteiger partial charge in [0.05, 0.1) is 16.4 Å². The van der Waals surface area contributed by atoms with E-state index in [2.05, 4.69) is 63.8 Å². The molecule has 24 heavy (non-hydrogen) atoms. The maximum Gasteiger partial charge on any atom is 0.138 e. The van der Waals surface area contributed by atoms with E-state index >= 15 is 0 Å². The number of nitrogens with one attached hydrogen (secondary N) is 1. The number of para-hydroxylation sites is 2. The number of hydrogen-bond acceptors (Lipinski definition) is 5. The van der Waals surface area contributed by atoms with Gasteiger partial charge in [-0.3, -0.25) is 0 Å². The van der Waals surface area contributed by atoms with Crippen LogP contribution in [0.2, 0.25) is 0 Å². The van der Waals surface area contributed by atoms with Crippen LogP contribution in [0.1, 0.15) is 16.3 Å². The Hall–Kier alpha value is -2.47. The normalized spacial score (nSPS) is 11.5. The van der Waals surface area contributed by atoms with Gasteiger partial charge in [0.1, 0.15) is 22.8 Å². The minimum absolute atomic E-state index is 0.793. The van der Waals surface area contributed by atoms with E-state index in [4.69, 9.17) is 0 Å². The molecule has 1 aromatic carbocycles. The number of hydrogen-bond donors (Lipinski definition) is 1. The van der Waals surface area contributed by atoms with Crippen LogP contribution < -0.4 is 5.32 Å². The number of anilines is 1. The summed E-state index contributed by atoms with van der Waals surface area (Å²) >= 11 is 1.72. The average Bonchev–Trinajstić information content (AvgIpc) is 3.05. The number of benzene rings is 1. The molecule has 122 valence electrons. The van der Waals surface area contributed by atoms with Crippen molar-refractivity contribution in [3.8, 4) is 0 Å². The second-order valence-electron chi connectivity index (χ2n) is 5.91. The number of imidazole rings is 1. The first-order valence-electron chi connectivity index (χ1n) is 8.01. The molecule has 5 nitrogen and oxygen atoms in total. The highest BCUT2D eigenvalue weighted by Gasteiger charge is 2.12. The smallest absolute Gasteiger partial charge is 0.138 e. The molecule has 6 heteroatoms. The molecule has 0 bridgehead atoms. The predicted octanol–water partition coefficient (Wildman–Crippen LogP) is 4.08. The van der Waals surface area contributed by atoms with Crippen molar-refractivity contribution >= 4 is 38.4 Å². The lowest BCUT2D eigenvalue weighted by atomic mass is 10.2. The Bertz CT molecular complexity index is 1030. The zero-order valence-corrected chi connectivity index (χ0v) is 14.8. The van der Waals surface area contributed by atoms with Gasteiger partial charge in [0.15, 0.2) is 0 Å². The molecule has 0 aliphatic carbocycles. The maximum absolute atomic E-state index is 4.62. The molecule has 0 amide bonds. The van der Waals surface area contributed by atoms with Gasteiger partial charge in [-0.25, -0.2) is 15.0 Å². The van der Waals surface area contributed by atoms with Crippen LogP contribution in [0.15, 0.2) is 30.6 Å². The number of thiophene rings is 1. The van der Waals surface area contributed by atoms with Crippen molar-refractivity contribution in [2.24, 2.45) is 0 Å². The lowest BCUT2D eigenvalue weighted by Gasteiger charge is -2.10. The number of aryl methyl sites for hydroxylation is 3. The lowest BCUT2D eigenvalue weighted by molar-refractivity contribution is 0.720. The van der Waals surface area contributed by atoms with Gasteiger partial charge in [0.2, 0.25) is 0 Å². The molecule has 0 aliphatic rings. The lowest BCUT2D eigenvalue weighted by Crippen LogP contribution is -2.12. The molecular weight excluding hydrogens is 318 g/mol. The third kappa shape index (κ3) is 2.43. The van der Waals surface area contributed by atoms with Crippen LogP contribution in [0, 0.1) is 20.8 Å². The van der Waals surface area contributed by atoms with E-state index in [0.717, 1.165) is 40.5 Å². The SMILES string of the molecule is Cc1sc2ncnc(NCCn3c(C)nc4ccccc43)c2c1C. The highest BCUT2D eigenvalue weighted by atomic mass is 32.1. The molecule has 4 aromatic rings. The van der Waals surface area contributed by atoms with Crippen LogP contribution >= 0.6 is 11.3 Å². The van der Waals surface area contributed by atoms with E-state index in [-0.39, 0.29) is 0 Å². The third-order valence-corrected chi connectivity index (χ3v) is 5.55. The summed E-state index contributed by atoms with van der Waals surface area (Å²) in [7, 11) is 0. The van der Waals surface area contributed by atoms with Gasteiger partial charge in [0.25, 0.3) is 0 Å². The molecule has 1 N–H and O–H groups in total. The Kier molecular flexibility index (Phi) is 3.69. The largest absolute Gasteiger partial charge is 0.368 e. The van der Waals surface area contributed by atoms with E-state index < -0.39 is 0 Å². The number of aromatic nitrogens is 4. The second kappa shape index (κ2) is 5.87. The summed E-state index contributed by atoms with van der Waals surface area (Å²) in [6, 6.07) is 8.25. The van der Waals surface area contributed by atoms with E-state index in [1.807, 2.05) is 6.07 Å². The van der Waals surface area contributed by atoms with Crippen molar-refractivity contribution in [1.82, 2.24) is 19.5 Å². The first kappa shape index (κ1) is 15.1. The zero-order chi connectivity index (χ0) is 16.7. The zero-order valence-electron chi connectivity index (χ0n) is 14.0. The summed E-state index contributed by atoms with van der Waals surface area (Å²) in [5, 5.41) is 4.62. The van der Waals surface area contributed by atoms with Crippen molar-refractivity contribution in [3.63, 3.8) is 0 Å². The highest BCUT2D eigenvalue weighted by molar-refractivity contribution is 7.18. The molecule has 0 saturated heterocycles. The molecule has 0 aliphatic heterocycles. The standard InChI is InChI=1S/C18H19N5S/c1-11-12(2)24-18-16(11)17(20-10-21-18)19-8-9-23-13(3)22-14-6-4-5-7-15(14)23/h4-7,10H,8-9H2,1-3H3,(H,19,20,21). The Morgan fingerprint density at radius 2 is 1.96 bits per heavy atom. The Morgan fingerprint density at radius 1 is 1.12 bits per heavy atom. The first-order valence-corrected chi connectivity index (χ1v) is 8.83. The molecule has 3 aromatic heterocycles. The van der Waals surface area contributed by atoms with E-state index in [9.17, 15) is 0 Å². The van der Waals surface area contributed by atoms with Gasteiger partial charge in [-0.1, -0.05) is 12.1 Å². The van der Waals surface area contributed by atoms with Gasteiger partial charge in [-0.05, 0) is 38.5 Å². The topological polar surface area (TPSA) is 55.6 Å². The van der Waals surface area contributed by atoms with E-state index in [1.165, 1.54) is 16.0 Å². The van der Waals surface area contributed by atoms with Crippen molar-refractivity contribution in [2.45, 2.75) is 27.3 Å². The number of nitrogens with zero attached hydrogens (tertiary/aromatic N) is 4. The Morgan fingerprint density at radius 3 is 2.83 bits per heavy atom. The molecule has 0 spiro atoms. The van der Waals surface area contributed by atoms with Crippen molar-refractivity contribution < 1.29 is 0 Å². The number of fused-ring (bicyclic) bond motifs is 2. The average molecular weight is 337 g/mol. The molecule has 3 heterocycles.